The molecule has 0 amide bonds. The minimum atomic E-state index is -0.0193. The fraction of sp³-hybridized carbons (Fsp3) is 0.333. The van der Waals surface area contributed by atoms with Gasteiger partial charge in [0.05, 0.1) is 7.11 Å². The van der Waals surface area contributed by atoms with E-state index in [-0.39, 0.29) is 6.04 Å². The second-order valence-corrected chi connectivity index (χ2v) is 5.51. The van der Waals surface area contributed by atoms with Gasteiger partial charge in [0.1, 0.15) is 5.75 Å². The molecule has 0 spiro atoms. The minimum Gasteiger partial charge on any atom is -0.497 e. The molecule has 0 radical (unpaired) electrons. The summed E-state index contributed by atoms with van der Waals surface area (Å²) in [7, 11) is 3.78. The monoisotopic (exact) mass is 284 g/mol. The Hall–Kier alpha value is -1.84. The van der Waals surface area contributed by atoms with Gasteiger partial charge in [-0.15, -0.1) is 0 Å². The highest BCUT2D eigenvalue weighted by atomic mass is 16.5. The summed E-state index contributed by atoms with van der Waals surface area (Å²) in [4.78, 5) is 2.26. The molecule has 2 aromatic carbocycles. The van der Waals surface area contributed by atoms with Crippen molar-refractivity contribution >= 4 is 0 Å². The first-order valence-electron chi connectivity index (χ1n) is 7.22. The van der Waals surface area contributed by atoms with E-state index >= 15 is 0 Å². The van der Waals surface area contributed by atoms with Crippen LogP contribution in [0.4, 0.5) is 0 Å². The van der Waals surface area contributed by atoms with E-state index in [0.717, 1.165) is 24.4 Å². The smallest absolute Gasteiger partial charge is 0.119 e. The molecule has 0 saturated carbocycles. The topological polar surface area (TPSA) is 38.5 Å². The zero-order valence-corrected chi connectivity index (χ0v) is 13.0. The maximum atomic E-state index is 6.31. The third-order valence-electron chi connectivity index (χ3n) is 3.73. The number of rotatable bonds is 6. The molecular formula is C18H24N2O. The standard InChI is InChI=1S/C18H24N2O/c1-14-7-4-5-8-16(14)12-20(2)13-18(19)15-9-6-10-17(11-15)21-3/h4-11,18H,12-13,19H2,1-3H3. The molecule has 3 nitrogen and oxygen atoms in total. The van der Waals surface area contributed by atoms with Crippen molar-refractivity contribution in [2.24, 2.45) is 5.73 Å². The lowest BCUT2D eigenvalue weighted by molar-refractivity contribution is 0.304. The Morgan fingerprint density at radius 1 is 1.14 bits per heavy atom. The van der Waals surface area contributed by atoms with E-state index in [2.05, 4.69) is 49.2 Å². The Kier molecular flexibility index (Phi) is 5.37. The van der Waals surface area contributed by atoms with Gasteiger partial charge in [0, 0.05) is 19.1 Å². The van der Waals surface area contributed by atoms with Crippen LogP contribution in [0.1, 0.15) is 22.7 Å². The fourth-order valence-electron chi connectivity index (χ4n) is 2.46. The van der Waals surface area contributed by atoms with Crippen molar-refractivity contribution < 1.29 is 4.74 Å². The quantitative estimate of drug-likeness (QED) is 0.885. The minimum absolute atomic E-state index is 0.0193. The molecule has 1 atom stereocenters. The van der Waals surface area contributed by atoms with Gasteiger partial charge in [-0.1, -0.05) is 36.4 Å². The first-order chi connectivity index (χ1) is 10.1. The van der Waals surface area contributed by atoms with Crippen LogP contribution in [0.2, 0.25) is 0 Å². The van der Waals surface area contributed by atoms with Gasteiger partial charge in [0.25, 0.3) is 0 Å². The largest absolute Gasteiger partial charge is 0.497 e. The molecule has 21 heavy (non-hydrogen) atoms. The summed E-state index contributed by atoms with van der Waals surface area (Å²) in [6.07, 6.45) is 0. The number of likely N-dealkylation sites (N-methyl/N-ethyl adjacent to an activating group) is 1. The summed E-state index contributed by atoms with van der Waals surface area (Å²) in [6.45, 7) is 3.86. The van der Waals surface area contributed by atoms with Crippen LogP contribution in [0.15, 0.2) is 48.5 Å². The van der Waals surface area contributed by atoms with Crippen LogP contribution >= 0.6 is 0 Å². The molecule has 0 aromatic heterocycles. The Labute approximate surface area is 127 Å². The van der Waals surface area contributed by atoms with Gasteiger partial charge in [-0.3, -0.25) is 0 Å². The second-order valence-electron chi connectivity index (χ2n) is 5.51. The molecule has 0 aliphatic carbocycles. The van der Waals surface area contributed by atoms with E-state index in [1.165, 1.54) is 11.1 Å². The van der Waals surface area contributed by atoms with E-state index in [4.69, 9.17) is 10.5 Å². The number of methoxy groups -OCH3 is 1. The first kappa shape index (κ1) is 15.5. The van der Waals surface area contributed by atoms with Crippen LogP contribution in [0.5, 0.6) is 5.75 Å². The van der Waals surface area contributed by atoms with Crippen LogP contribution < -0.4 is 10.5 Å². The molecule has 0 fully saturated rings. The average Bonchev–Trinajstić information content (AvgIpc) is 2.49. The lowest BCUT2D eigenvalue weighted by Gasteiger charge is -2.22. The van der Waals surface area contributed by atoms with E-state index in [1.54, 1.807) is 7.11 Å². The molecule has 1 unspecified atom stereocenters. The van der Waals surface area contributed by atoms with Crippen LogP contribution in [-0.2, 0) is 6.54 Å². The number of aryl methyl sites for hydroxylation is 1. The lowest BCUT2D eigenvalue weighted by Crippen LogP contribution is -2.29. The van der Waals surface area contributed by atoms with Crippen molar-refractivity contribution in [1.29, 1.82) is 0 Å². The molecule has 112 valence electrons. The van der Waals surface area contributed by atoms with Crippen LogP contribution in [0.3, 0.4) is 0 Å². The van der Waals surface area contributed by atoms with Gasteiger partial charge >= 0.3 is 0 Å². The molecule has 0 aliphatic rings. The summed E-state index contributed by atoms with van der Waals surface area (Å²) in [5.41, 5.74) is 10.1. The average molecular weight is 284 g/mol. The van der Waals surface area contributed by atoms with Crippen LogP contribution in [0.25, 0.3) is 0 Å². The zero-order chi connectivity index (χ0) is 15.2. The van der Waals surface area contributed by atoms with Crippen molar-refractivity contribution in [3.63, 3.8) is 0 Å². The van der Waals surface area contributed by atoms with Gasteiger partial charge < -0.3 is 15.4 Å². The van der Waals surface area contributed by atoms with Crippen LogP contribution in [-0.4, -0.2) is 25.6 Å². The Morgan fingerprint density at radius 2 is 1.90 bits per heavy atom. The summed E-state index contributed by atoms with van der Waals surface area (Å²) >= 11 is 0. The predicted molar refractivity (Wildman–Crippen MR) is 87.4 cm³/mol. The predicted octanol–water partition coefficient (Wildman–Crippen LogP) is 3.14. The van der Waals surface area contributed by atoms with Crippen molar-refractivity contribution in [1.82, 2.24) is 4.90 Å². The SMILES string of the molecule is COc1cccc(C(N)CN(C)Cc2ccccc2C)c1. The van der Waals surface area contributed by atoms with Crippen molar-refractivity contribution in [2.75, 3.05) is 20.7 Å². The molecule has 2 aromatic rings. The van der Waals surface area contributed by atoms with Gasteiger partial charge in [-0.2, -0.15) is 0 Å². The van der Waals surface area contributed by atoms with E-state index in [1.807, 2.05) is 18.2 Å². The van der Waals surface area contributed by atoms with E-state index < -0.39 is 0 Å². The second kappa shape index (κ2) is 7.25. The fourth-order valence-corrected chi connectivity index (χ4v) is 2.46. The van der Waals surface area contributed by atoms with Crippen molar-refractivity contribution in [3.05, 3.63) is 65.2 Å². The maximum absolute atomic E-state index is 6.31. The van der Waals surface area contributed by atoms with Gasteiger partial charge in [0.2, 0.25) is 0 Å². The highest BCUT2D eigenvalue weighted by molar-refractivity contribution is 5.30. The van der Waals surface area contributed by atoms with Gasteiger partial charge in [-0.25, -0.2) is 0 Å². The molecule has 0 heterocycles. The van der Waals surface area contributed by atoms with Crippen LogP contribution in [0, 0.1) is 6.92 Å². The lowest BCUT2D eigenvalue weighted by atomic mass is 10.1. The zero-order valence-electron chi connectivity index (χ0n) is 13.0. The highest BCUT2D eigenvalue weighted by Crippen LogP contribution is 2.19. The summed E-state index contributed by atoms with van der Waals surface area (Å²) in [5, 5.41) is 0. The van der Waals surface area contributed by atoms with Gasteiger partial charge in [0.15, 0.2) is 0 Å². The number of hydrogen-bond acceptors (Lipinski definition) is 3. The Bertz CT molecular complexity index is 583. The van der Waals surface area contributed by atoms with Crippen molar-refractivity contribution in [2.45, 2.75) is 19.5 Å². The number of nitrogens with zero attached hydrogens (tertiary/aromatic N) is 1. The Morgan fingerprint density at radius 3 is 2.62 bits per heavy atom. The molecule has 0 aliphatic heterocycles. The summed E-state index contributed by atoms with van der Waals surface area (Å²) in [6, 6.07) is 16.4. The molecule has 2 rings (SSSR count). The van der Waals surface area contributed by atoms with E-state index in [0.29, 0.717) is 0 Å². The van der Waals surface area contributed by atoms with Crippen molar-refractivity contribution in [3.8, 4) is 5.75 Å². The maximum Gasteiger partial charge on any atom is 0.119 e. The number of hydrogen-bond donors (Lipinski definition) is 1. The Balaban J connectivity index is 1.98. The third-order valence-corrected chi connectivity index (χ3v) is 3.73. The summed E-state index contributed by atoms with van der Waals surface area (Å²) in [5.74, 6) is 0.851. The highest BCUT2D eigenvalue weighted by Gasteiger charge is 2.11. The number of ether oxygens (including phenoxy) is 1. The molecular weight excluding hydrogens is 260 g/mol. The number of nitrogens with two attached hydrogens (primary N) is 1. The first-order valence-corrected chi connectivity index (χ1v) is 7.22. The molecule has 0 bridgehead atoms. The number of benzene rings is 2. The molecule has 3 heteroatoms. The normalized spacial score (nSPS) is 12.4. The molecule has 0 saturated heterocycles. The van der Waals surface area contributed by atoms with Gasteiger partial charge in [-0.05, 0) is 42.8 Å². The third kappa shape index (κ3) is 4.31. The molecule has 2 N–H and O–H groups in total. The summed E-state index contributed by atoms with van der Waals surface area (Å²) < 4.78 is 5.25. The van der Waals surface area contributed by atoms with E-state index in [9.17, 15) is 0 Å².